The van der Waals surface area contributed by atoms with Gasteiger partial charge >= 0.3 is 0 Å². The van der Waals surface area contributed by atoms with Crippen molar-refractivity contribution in [3.8, 4) is 17.1 Å². The Balaban J connectivity index is 1.49. The average Bonchev–Trinajstić information content (AvgIpc) is 2.93. The second-order valence-electron chi connectivity index (χ2n) is 8.33. The van der Waals surface area contributed by atoms with Crippen molar-refractivity contribution in [1.29, 1.82) is 0 Å². The normalized spacial score (nSPS) is 11.2. The molecule has 5 rings (SSSR count). The highest BCUT2D eigenvalue weighted by atomic mass is 79.9. The van der Waals surface area contributed by atoms with Crippen LogP contribution in [0.5, 0.6) is 5.75 Å². The number of rotatable bonds is 7. The van der Waals surface area contributed by atoms with Crippen LogP contribution in [-0.4, -0.2) is 28.4 Å². The summed E-state index contributed by atoms with van der Waals surface area (Å²) in [5, 5.41) is 8.64. The fourth-order valence-electron chi connectivity index (χ4n) is 3.82. The van der Waals surface area contributed by atoms with E-state index in [0.717, 1.165) is 5.56 Å². The minimum Gasteiger partial charge on any atom is -0.482 e. The maximum Gasteiger partial charge on any atom is 0.282 e. The van der Waals surface area contributed by atoms with Crippen molar-refractivity contribution in [3.05, 3.63) is 121 Å². The summed E-state index contributed by atoms with van der Waals surface area (Å²) in [6.45, 7) is -0.281. The molecule has 0 aliphatic carbocycles. The van der Waals surface area contributed by atoms with Crippen molar-refractivity contribution in [2.75, 3.05) is 11.9 Å². The van der Waals surface area contributed by atoms with Gasteiger partial charge < -0.3 is 10.1 Å². The molecular weight excluding hydrogens is 603 g/mol. The Morgan fingerprint density at radius 2 is 1.69 bits per heavy atom. The molecule has 0 saturated heterocycles. The Morgan fingerprint density at radius 3 is 2.46 bits per heavy atom. The van der Waals surface area contributed by atoms with Crippen LogP contribution in [0.4, 0.5) is 5.69 Å². The summed E-state index contributed by atoms with van der Waals surface area (Å²) in [5.41, 5.74) is 1.99. The minimum atomic E-state index is -0.372. The highest BCUT2D eigenvalue weighted by Gasteiger charge is 2.15. The Bertz CT molecular complexity index is 1760. The Kier molecular flexibility index (Phi) is 8.07. The fourth-order valence-corrected chi connectivity index (χ4v) is 4.90. The molecule has 0 aliphatic heterocycles. The van der Waals surface area contributed by atoms with Crippen molar-refractivity contribution in [2.45, 2.75) is 0 Å². The number of ether oxygens (including phenoxy) is 1. The highest BCUT2D eigenvalue weighted by molar-refractivity contribution is 9.10. The first-order valence-electron chi connectivity index (χ1n) is 11.7. The first kappa shape index (κ1) is 26.6. The zero-order chi connectivity index (χ0) is 27.4. The summed E-state index contributed by atoms with van der Waals surface area (Å²) in [7, 11) is 0. The first-order valence-corrected chi connectivity index (χ1v) is 13.2. The Hall–Kier alpha value is -3.98. The second-order valence-corrected chi connectivity index (χ2v) is 10.1. The van der Waals surface area contributed by atoms with Crippen LogP contribution in [0, 0.1) is 0 Å². The van der Waals surface area contributed by atoms with E-state index in [1.165, 1.54) is 10.9 Å². The quantitative estimate of drug-likeness (QED) is 0.198. The molecule has 1 heterocycles. The number of carbonyl (C=O) groups excluding carboxylic acids is 1. The zero-order valence-corrected chi connectivity index (χ0v) is 23.2. The molecule has 0 saturated carbocycles. The molecule has 0 aliphatic rings. The van der Waals surface area contributed by atoms with Gasteiger partial charge in [0.05, 0.1) is 21.6 Å². The molecule has 7 nitrogen and oxygen atoms in total. The molecule has 1 aromatic heterocycles. The SMILES string of the molecule is O=C(COc1c(Br)cc(Cl)cc1C=Nn1c(-c2ccccc2)nc2ccccc2c1=O)Nc1ccc(Cl)cc1. The summed E-state index contributed by atoms with van der Waals surface area (Å²) in [5.74, 6) is 0.335. The molecular formula is C29H19BrCl2N4O3. The van der Waals surface area contributed by atoms with Crippen LogP contribution in [0.15, 0.2) is 105 Å². The Labute approximate surface area is 241 Å². The third kappa shape index (κ3) is 6.20. The van der Waals surface area contributed by atoms with E-state index in [4.69, 9.17) is 32.9 Å². The van der Waals surface area contributed by atoms with E-state index in [0.29, 0.717) is 48.2 Å². The molecule has 0 unspecified atom stereocenters. The van der Waals surface area contributed by atoms with E-state index >= 15 is 0 Å². The van der Waals surface area contributed by atoms with Gasteiger partial charge in [0.25, 0.3) is 11.5 Å². The third-order valence-electron chi connectivity index (χ3n) is 5.61. The highest BCUT2D eigenvalue weighted by Crippen LogP contribution is 2.32. The molecule has 0 atom stereocenters. The lowest BCUT2D eigenvalue weighted by Crippen LogP contribution is -2.21. The maximum absolute atomic E-state index is 13.5. The third-order valence-corrected chi connectivity index (χ3v) is 6.67. The van der Waals surface area contributed by atoms with Crippen LogP contribution >= 0.6 is 39.1 Å². The van der Waals surface area contributed by atoms with Gasteiger partial charge in [0.1, 0.15) is 5.75 Å². The number of hydrogen-bond donors (Lipinski definition) is 1. The molecule has 39 heavy (non-hydrogen) atoms. The average molecular weight is 622 g/mol. The van der Waals surface area contributed by atoms with Gasteiger partial charge in [0, 0.05) is 26.9 Å². The zero-order valence-electron chi connectivity index (χ0n) is 20.1. The summed E-state index contributed by atoms with van der Waals surface area (Å²) in [6, 6.07) is 26.4. The number of anilines is 1. The van der Waals surface area contributed by atoms with Gasteiger partial charge in [-0.25, -0.2) is 4.98 Å². The standard InChI is InChI=1S/C29H19BrCl2N4O3/c30-24-15-21(32)14-19(27(24)39-17-26(37)34-22-12-10-20(31)11-13-22)16-33-36-28(18-6-2-1-3-7-18)35-25-9-5-4-8-23(25)29(36)38/h1-16H,17H2,(H,34,37). The smallest absolute Gasteiger partial charge is 0.282 e. The topological polar surface area (TPSA) is 85.6 Å². The Morgan fingerprint density at radius 1 is 0.974 bits per heavy atom. The van der Waals surface area contributed by atoms with Crippen LogP contribution in [0.2, 0.25) is 10.0 Å². The molecule has 10 heteroatoms. The number of para-hydroxylation sites is 1. The molecule has 4 aromatic carbocycles. The van der Waals surface area contributed by atoms with Gasteiger partial charge in [0.2, 0.25) is 0 Å². The number of nitrogens with zero attached hydrogens (tertiary/aromatic N) is 3. The lowest BCUT2D eigenvalue weighted by Gasteiger charge is -2.13. The minimum absolute atomic E-state index is 0.281. The van der Waals surface area contributed by atoms with Crippen LogP contribution in [0.3, 0.4) is 0 Å². The van der Waals surface area contributed by atoms with E-state index in [1.54, 1.807) is 54.6 Å². The number of aromatic nitrogens is 2. The second kappa shape index (κ2) is 11.8. The number of fused-ring (bicyclic) bond motifs is 1. The number of halogens is 3. The number of carbonyl (C=O) groups is 1. The largest absolute Gasteiger partial charge is 0.482 e. The van der Waals surface area contributed by atoms with E-state index in [2.05, 4.69) is 26.3 Å². The van der Waals surface area contributed by atoms with Crippen molar-refractivity contribution >= 4 is 67.8 Å². The molecule has 0 spiro atoms. The number of amides is 1. The lowest BCUT2D eigenvalue weighted by atomic mass is 10.2. The monoisotopic (exact) mass is 620 g/mol. The van der Waals surface area contributed by atoms with Crippen molar-refractivity contribution < 1.29 is 9.53 Å². The summed E-state index contributed by atoms with van der Waals surface area (Å²) < 4.78 is 7.60. The molecule has 0 fully saturated rings. The van der Waals surface area contributed by atoms with Gasteiger partial charge in [-0.05, 0) is 64.5 Å². The van der Waals surface area contributed by atoms with Crippen molar-refractivity contribution in [1.82, 2.24) is 9.66 Å². The summed E-state index contributed by atoms with van der Waals surface area (Å²) in [6.07, 6.45) is 1.45. The molecule has 0 radical (unpaired) electrons. The molecule has 0 bridgehead atoms. The summed E-state index contributed by atoms with van der Waals surface area (Å²) in [4.78, 5) is 30.7. The van der Waals surface area contributed by atoms with Crippen LogP contribution in [0.1, 0.15) is 5.56 Å². The number of hydrogen-bond acceptors (Lipinski definition) is 5. The van der Waals surface area contributed by atoms with E-state index < -0.39 is 0 Å². The van der Waals surface area contributed by atoms with Gasteiger partial charge in [-0.1, -0.05) is 65.7 Å². The van der Waals surface area contributed by atoms with E-state index in [-0.39, 0.29) is 18.1 Å². The van der Waals surface area contributed by atoms with Crippen LogP contribution in [-0.2, 0) is 4.79 Å². The van der Waals surface area contributed by atoms with Crippen LogP contribution in [0.25, 0.3) is 22.3 Å². The summed E-state index contributed by atoms with van der Waals surface area (Å²) >= 11 is 15.7. The van der Waals surface area contributed by atoms with Gasteiger partial charge in [-0.3, -0.25) is 9.59 Å². The first-order chi connectivity index (χ1) is 18.9. The molecule has 1 amide bonds. The fraction of sp³-hybridized carbons (Fsp3) is 0.0345. The van der Waals surface area contributed by atoms with Gasteiger partial charge in [-0.15, -0.1) is 0 Å². The van der Waals surface area contributed by atoms with E-state index in [9.17, 15) is 9.59 Å². The molecule has 194 valence electrons. The number of benzene rings is 4. The van der Waals surface area contributed by atoms with Crippen molar-refractivity contribution in [3.63, 3.8) is 0 Å². The van der Waals surface area contributed by atoms with Crippen LogP contribution < -0.4 is 15.6 Å². The predicted octanol–water partition coefficient (Wildman–Crippen LogP) is 7.03. The number of nitrogens with one attached hydrogen (secondary N) is 1. The van der Waals surface area contributed by atoms with Gasteiger partial charge in [-0.2, -0.15) is 9.78 Å². The predicted molar refractivity (Wildman–Crippen MR) is 159 cm³/mol. The van der Waals surface area contributed by atoms with E-state index in [1.807, 2.05) is 36.4 Å². The molecule has 5 aromatic rings. The van der Waals surface area contributed by atoms with Crippen molar-refractivity contribution in [2.24, 2.45) is 5.10 Å². The maximum atomic E-state index is 13.5. The lowest BCUT2D eigenvalue weighted by molar-refractivity contribution is -0.118. The van der Waals surface area contributed by atoms with Gasteiger partial charge in [0.15, 0.2) is 12.4 Å². The molecule has 1 N–H and O–H groups in total.